The van der Waals surface area contributed by atoms with Crippen molar-refractivity contribution in [2.45, 2.75) is 6.54 Å². The van der Waals surface area contributed by atoms with E-state index in [1.54, 1.807) is 0 Å². The third-order valence-corrected chi connectivity index (χ3v) is 4.85. The van der Waals surface area contributed by atoms with Gasteiger partial charge in [-0.05, 0) is 41.4 Å². The molecule has 0 spiro atoms. The predicted octanol–water partition coefficient (Wildman–Crippen LogP) is 6.24. The fourth-order valence-electron chi connectivity index (χ4n) is 3.17. The number of anilines is 2. The number of rotatable bonds is 4. The first-order valence-electron chi connectivity index (χ1n) is 8.96. The fourth-order valence-corrected chi connectivity index (χ4v) is 3.45. The van der Waals surface area contributed by atoms with E-state index in [9.17, 15) is 0 Å². The summed E-state index contributed by atoms with van der Waals surface area (Å²) in [5.74, 6) is 0. The number of fused-ring (bicyclic) bond motifs is 1. The summed E-state index contributed by atoms with van der Waals surface area (Å²) in [7, 11) is 0. The zero-order chi connectivity index (χ0) is 18.5. The van der Waals surface area contributed by atoms with Crippen LogP contribution in [-0.4, -0.2) is 5.11 Å². The lowest BCUT2D eigenvalue weighted by Gasteiger charge is -2.26. The SMILES string of the molecule is S=C(Nc1cccc2ccccc12)N(Cc1ccccc1)c1ccccc1. The van der Waals surface area contributed by atoms with Crippen molar-refractivity contribution < 1.29 is 0 Å². The number of nitrogens with one attached hydrogen (secondary N) is 1. The molecule has 0 bridgehead atoms. The molecule has 132 valence electrons. The van der Waals surface area contributed by atoms with Crippen molar-refractivity contribution in [2.24, 2.45) is 0 Å². The van der Waals surface area contributed by atoms with Gasteiger partial charge in [0.15, 0.2) is 5.11 Å². The fraction of sp³-hybridized carbons (Fsp3) is 0.0417. The summed E-state index contributed by atoms with van der Waals surface area (Å²) >= 11 is 5.82. The second-order valence-corrected chi connectivity index (χ2v) is 6.75. The molecule has 0 aromatic heterocycles. The highest BCUT2D eigenvalue weighted by Crippen LogP contribution is 2.25. The average molecular weight is 369 g/mol. The quantitative estimate of drug-likeness (QED) is 0.429. The molecule has 0 aliphatic heterocycles. The topological polar surface area (TPSA) is 15.3 Å². The van der Waals surface area contributed by atoms with Crippen LogP contribution in [0.3, 0.4) is 0 Å². The van der Waals surface area contributed by atoms with Crippen molar-refractivity contribution >= 4 is 39.5 Å². The highest BCUT2D eigenvalue weighted by Gasteiger charge is 2.14. The third kappa shape index (κ3) is 3.99. The molecule has 0 unspecified atom stereocenters. The second-order valence-electron chi connectivity index (χ2n) is 6.36. The third-order valence-electron chi connectivity index (χ3n) is 4.53. The van der Waals surface area contributed by atoms with Gasteiger partial charge >= 0.3 is 0 Å². The smallest absolute Gasteiger partial charge is 0.178 e. The molecule has 4 aromatic carbocycles. The van der Waals surface area contributed by atoms with E-state index in [1.807, 2.05) is 24.3 Å². The van der Waals surface area contributed by atoms with Gasteiger partial charge in [0.25, 0.3) is 0 Å². The number of benzene rings is 4. The van der Waals surface area contributed by atoms with E-state index in [0.29, 0.717) is 11.7 Å². The van der Waals surface area contributed by atoms with Gasteiger partial charge in [0.05, 0.1) is 6.54 Å². The Bertz CT molecular complexity index is 1040. The maximum atomic E-state index is 5.82. The Balaban J connectivity index is 1.66. The van der Waals surface area contributed by atoms with Crippen molar-refractivity contribution in [3.63, 3.8) is 0 Å². The van der Waals surface area contributed by atoms with Crippen molar-refractivity contribution in [2.75, 3.05) is 10.2 Å². The van der Waals surface area contributed by atoms with Crippen LogP contribution in [0, 0.1) is 0 Å². The van der Waals surface area contributed by atoms with Gasteiger partial charge in [-0.1, -0.05) is 84.9 Å². The zero-order valence-corrected chi connectivity index (χ0v) is 15.7. The molecule has 0 radical (unpaired) electrons. The first-order chi connectivity index (χ1) is 13.3. The molecular weight excluding hydrogens is 348 g/mol. The Hall–Kier alpha value is -3.17. The Morgan fingerprint density at radius 1 is 0.704 bits per heavy atom. The van der Waals surface area contributed by atoms with E-state index in [0.717, 1.165) is 16.8 Å². The van der Waals surface area contributed by atoms with Crippen LogP contribution in [-0.2, 0) is 6.54 Å². The molecule has 4 rings (SSSR count). The molecule has 0 heterocycles. The van der Waals surface area contributed by atoms with Crippen molar-refractivity contribution in [1.29, 1.82) is 0 Å². The lowest BCUT2D eigenvalue weighted by atomic mass is 10.1. The molecule has 0 amide bonds. The van der Waals surface area contributed by atoms with E-state index in [4.69, 9.17) is 12.2 Å². The van der Waals surface area contributed by atoms with Crippen LogP contribution < -0.4 is 10.2 Å². The summed E-state index contributed by atoms with van der Waals surface area (Å²) in [4.78, 5) is 2.13. The molecule has 0 atom stereocenters. The first kappa shape index (κ1) is 17.3. The molecule has 0 saturated carbocycles. The molecule has 2 nitrogen and oxygen atoms in total. The van der Waals surface area contributed by atoms with Crippen LogP contribution in [0.2, 0.25) is 0 Å². The van der Waals surface area contributed by atoms with Gasteiger partial charge in [-0.25, -0.2) is 0 Å². The number of thiocarbonyl (C=S) groups is 1. The molecule has 3 heteroatoms. The van der Waals surface area contributed by atoms with Gasteiger partial charge in [0.2, 0.25) is 0 Å². The number of para-hydroxylation sites is 1. The Morgan fingerprint density at radius 2 is 1.33 bits per heavy atom. The lowest BCUT2D eigenvalue weighted by Crippen LogP contribution is -2.34. The van der Waals surface area contributed by atoms with Crippen LogP contribution >= 0.6 is 12.2 Å². The molecule has 0 aliphatic rings. The Kier molecular flexibility index (Phi) is 5.13. The van der Waals surface area contributed by atoms with E-state index < -0.39 is 0 Å². The summed E-state index contributed by atoms with van der Waals surface area (Å²) in [5.41, 5.74) is 3.30. The minimum absolute atomic E-state index is 0.682. The van der Waals surface area contributed by atoms with Crippen LogP contribution in [0.5, 0.6) is 0 Å². The van der Waals surface area contributed by atoms with Crippen LogP contribution in [0.1, 0.15) is 5.56 Å². The van der Waals surface area contributed by atoms with Gasteiger partial charge in [-0.3, -0.25) is 0 Å². The van der Waals surface area contributed by atoms with Crippen molar-refractivity contribution in [3.8, 4) is 0 Å². The Morgan fingerprint density at radius 3 is 2.11 bits per heavy atom. The monoisotopic (exact) mass is 368 g/mol. The van der Waals surface area contributed by atoms with E-state index in [-0.39, 0.29) is 0 Å². The molecule has 0 fully saturated rings. The molecular formula is C24H20N2S. The number of hydrogen-bond donors (Lipinski definition) is 1. The van der Waals surface area contributed by atoms with Crippen LogP contribution in [0.25, 0.3) is 10.8 Å². The van der Waals surface area contributed by atoms with Gasteiger partial charge in [0.1, 0.15) is 0 Å². The summed E-state index contributed by atoms with van der Waals surface area (Å²) < 4.78 is 0. The summed E-state index contributed by atoms with van der Waals surface area (Å²) in [6.45, 7) is 0.710. The summed E-state index contributed by atoms with van der Waals surface area (Å²) in [5, 5.41) is 6.50. The Labute approximate surface area is 165 Å². The highest BCUT2D eigenvalue weighted by atomic mass is 32.1. The van der Waals surface area contributed by atoms with Gasteiger partial charge < -0.3 is 10.2 Å². The van der Waals surface area contributed by atoms with E-state index >= 15 is 0 Å². The predicted molar refractivity (Wildman–Crippen MR) is 119 cm³/mol. The van der Waals surface area contributed by atoms with E-state index in [1.165, 1.54) is 10.9 Å². The van der Waals surface area contributed by atoms with Crippen molar-refractivity contribution in [3.05, 3.63) is 109 Å². The largest absolute Gasteiger partial charge is 0.332 e. The van der Waals surface area contributed by atoms with Gasteiger partial charge in [0, 0.05) is 16.8 Å². The molecule has 27 heavy (non-hydrogen) atoms. The van der Waals surface area contributed by atoms with Gasteiger partial charge in [-0.2, -0.15) is 0 Å². The number of nitrogens with zero attached hydrogens (tertiary/aromatic N) is 1. The van der Waals surface area contributed by atoms with Crippen LogP contribution in [0.4, 0.5) is 11.4 Å². The number of hydrogen-bond acceptors (Lipinski definition) is 1. The molecule has 0 saturated heterocycles. The average Bonchev–Trinajstić information content (AvgIpc) is 2.73. The van der Waals surface area contributed by atoms with Crippen LogP contribution in [0.15, 0.2) is 103 Å². The maximum Gasteiger partial charge on any atom is 0.178 e. The standard InChI is InChI=1S/C24H20N2S/c27-24(25-23-17-9-13-20-12-7-8-16-22(20)23)26(21-14-5-2-6-15-21)18-19-10-3-1-4-11-19/h1-17H,18H2,(H,25,27). The lowest BCUT2D eigenvalue weighted by molar-refractivity contribution is 1.01. The highest BCUT2D eigenvalue weighted by molar-refractivity contribution is 7.80. The minimum atomic E-state index is 0.682. The van der Waals surface area contributed by atoms with E-state index in [2.05, 4.69) is 89.1 Å². The normalized spacial score (nSPS) is 10.5. The zero-order valence-electron chi connectivity index (χ0n) is 14.9. The summed E-state index contributed by atoms with van der Waals surface area (Å²) in [6, 6.07) is 35.2. The maximum absolute atomic E-state index is 5.82. The molecule has 4 aromatic rings. The minimum Gasteiger partial charge on any atom is -0.332 e. The second kappa shape index (κ2) is 8.02. The molecule has 1 N–H and O–H groups in total. The first-order valence-corrected chi connectivity index (χ1v) is 9.37. The van der Waals surface area contributed by atoms with Crippen molar-refractivity contribution in [1.82, 2.24) is 0 Å². The molecule has 0 aliphatic carbocycles. The van der Waals surface area contributed by atoms with Gasteiger partial charge in [-0.15, -0.1) is 0 Å². The summed E-state index contributed by atoms with van der Waals surface area (Å²) in [6.07, 6.45) is 0.